The molecule has 2 rings (SSSR count). The zero-order valence-corrected chi connectivity index (χ0v) is 12.4. The predicted octanol–water partition coefficient (Wildman–Crippen LogP) is 3.91. The summed E-state index contributed by atoms with van der Waals surface area (Å²) in [5.41, 5.74) is 3.43. The van der Waals surface area contributed by atoms with E-state index in [9.17, 15) is 0 Å². The molecule has 106 valence electrons. The highest BCUT2D eigenvalue weighted by Gasteiger charge is 2.06. The highest BCUT2D eigenvalue weighted by atomic mass is 15.1. The first-order valence-electron chi connectivity index (χ1n) is 7.17. The molecule has 1 aromatic carbocycles. The zero-order valence-electron chi connectivity index (χ0n) is 12.4. The van der Waals surface area contributed by atoms with Gasteiger partial charge in [0.1, 0.15) is 5.82 Å². The van der Waals surface area contributed by atoms with Crippen molar-refractivity contribution in [3.8, 4) is 0 Å². The molecule has 0 aliphatic heterocycles. The standard InChI is InChI=1S/C16H22N4/c1-4-10-17-16-18-11-12(3)15(20-16)19-14-9-7-6-8-13(14)5-2/h6-9,11H,4-5,10H2,1-3H3,(H2,17,18,19,20). The zero-order chi connectivity index (χ0) is 14.4. The Kier molecular flexibility index (Phi) is 4.93. The molecule has 0 spiro atoms. The van der Waals surface area contributed by atoms with Crippen LogP contribution < -0.4 is 10.6 Å². The van der Waals surface area contributed by atoms with Crippen molar-refractivity contribution in [1.29, 1.82) is 0 Å². The summed E-state index contributed by atoms with van der Waals surface area (Å²) in [6.07, 6.45) is 3.90. The third-order valence-electron chi connectivity index (χ3n) is 3.16. The first kappa shape index (κ1) is 14.3. The molecular formula is C16H22N4. The van der Waals surface area contributed by atoms with Gasteiger partial charge in [-0.15, -0.1) is 0 Å². The number of anilines is 3. The molecule has 2 N–H and O–H groups in total. The largest absolute Gasteiger partial charge is 0.354 e. The quantitative estimate of drug-likeness (QED) is 0.835. The minimum atomic E-state index is 0.675. The third-order valence-corrected chi connectivity index (χ3v) is 3.16. The van der Waals surface area contributed by atoms with Gasteiger partial charge in [-0.1, -0.05) is 32.0 Å². The maximum absolute atomic E-state index is 4.55. The van der Waals surface area contributed by atoms with Crippen LogP contribution in [-0.2, 0) is 6.42 Å². The molecule has 0 aliphatic rings. The molecule has 0 fully saturated rings. The van der Waals surface area contributed by atoms with Crippen molar-refractivity contribution in [2.45, 2.75) is 33.6 Å². The van der Waals surface area contributed by atoms with Crippen molar-refractivity contribution in [3.63, 3.8) is 0 Å². The summed E-state index contributed by atoms with van der Waals surface area (Å²) in [7, 11) is 0. The number of rotatable bonds is 6. The lowest BCUT2D eigenvalue weighted by molar-refractivity contribution is 0.950. The average Bonchev–Trinajstić information content (AvgIpc) is 2.48. The van der Waals surface area contributed by atoms with Crippen LogP contribution in [0.2, 0.25) is 0 Å². The van der Waals surface area contributed by atoms with E-state index in [0.717, 1.165) is 36.5 Å². The van der Waals surface area contributed by atoms with Crippen LogP contribution in [-0.4, -0.2) is 16.5 Å². The topological polar surface area (TPSA) is 49.8 Å². The lowest BCUT2D eigenvalue weighted by atomic mass is 10.1. The normalized spacial score (nSPS) is 10.3. The number of hydrogen-bond donors (Lipinski definition) is 2. The summed E-state index contributed by atoms with van der Waals surface area (Å²) in [6, 6.07) is 8.31. The van der Waals surface area contributed by atoms with Crippen LogP contribution in [0.3, 0.4) is 0 Å². The molecule has 0 saturated carbocycles. The van der Waals surface area contributed by atoms with E-state index in [1.807, 2.05) is 19.2 Å². The van der Waals surface area contributed by atoms with E-state index in [0.29, 0.717) is 5.95 Å². The second kappa shape index (κ2) is 6.89. The lowest BCUT2D eigenvalue weighted by Gasteiger charge is -2.13. The summed E-state index contributed by atoms with van der Waals surface area (Å²) >= 11 is 0. The summed E-state index contributed by atoms with van der Waals surface area (Å²) in [6.45, 7) is 7.17. The highest BCUT2D eigenvalue weighted by Crippen LogP contribution is 2.22. The maximum atomic E-state index is 4.55. The Morgan fingerprint density at radius 2 is 1.95 bits per heavy atom. The molecule has 0 atom stereocenters. The van der Waals surface area contributed by atoms with Crippen molar-refractivity contribution in [2.24, 2.45) is 0 Å². The molecule has 4 heteroatoms. The third kappa shape index (κ3) is 3.47. The fourth-order valence-electron chi connectivity index (χ4n) is 1.97. The van der Waals surface area contributed by atoms with Crippen molar-refractivity contribution in [3.05, 3.63) is 41.6 Å². The van der Waals surface area contributed by atoms with Gasteiger partial charge in [-0.3, -0.25) is 0 Å². The van der Waals surface area contributed by atoms with Gasteiger partial charge in [0.25, 0.3) is 0 Å². The van der Waals surface area contributed by atoms with E-state index in [2.05, 4.69) is 52.6 Å². The van der Waals surface area contributed by atoms with Gasteiger partial charge >= 0.3 is 0 Å². The van der Waals surface area contributed by atoms with Gasteiger partial charge < -0.3 is 10.6 Å². The maximum Gasteiger partial charge on any atom is 0.224 e. The lowest BCUT2D eigenvalue weighted by Crippen LogP contribution is -2.07. The number of nitrogens with zero attached hydrogens (tertiary/aromatic N) is 2. The molecule has 0 bridgehead atoms. The molecule has 0 amide bonds. The number of benzene rings is 1. The van der Waals surface area contributed by atoms with E-state index in [1.54, 1.807) is 0 Å². The monoisotopic (exact) mass is 270 g/mol. The summed E-state index contributed by atoms with van der Waals surface area (Å²) in [4.78, 5) is 8.85. The number of hydrogen-bond acceptors (Lipinski definition) is 4. The molecular weight excluding hydrogens is 248 g/mol. The van der Waals surface area contributed by atoms with Gasteiger partial charge in [0.15, 0.2) is 0 Å². The molecule has 0 aliphatic carbocycles. The van der Waals surface area contributed by atoms with Crippen LogP contribution in [0.4, 0.5) is 17.5 Å². The van der Waals surface area contributed by atoms with E-state index >= 15 is 0 Å². The molecule has 1 heterocycles. The Bertz CT molecular complexity index is 566. The predicted molar refractivity (Wildman–Crippen MR) is 84.7 cm³/mol. The molecule has 0 radical (unpaired) electrons. The Morgan fingerprint density at radius 1 is 1.15 bits per heavy atom. The van der Waals surface area contributed by atoms with E-state index in [-0.39, 0.29) is 0 Å². The fourth-order valence-corrected chi connectivity index (χ4v) is 1.97. The molecule has 0 saturated heterocycles. The van der Waals surface area contributed by atoms with Gasteiger partial charge in [0.2, 0.25) is 5.95 Å². The van der Waals surface area contributed by atoms with Gasteiger partial charge in [0, 0.05) is 24.0 Å². The Labute approximate surface area is 120 Å². The molecule has 20 heavy (non-hydrogen) atoms. The van der Waals surface area contributed by atoms with Gasteiger partial charge in [-0.05, 0) is 31.4 Å². The minimum absolute atomic E-state index is 0.675. The average molecular weight is 270 g/mol. The highest BCUT2D eigenvalue weighted by molar-refractivity contribution is 5.63. The van der Waals surface area contributed by atoms with Crippen LogP contribution in [0.25, 0.3) is 0 Å². The van der Waals surface area contributed by atoms with Crippen LogP contribution in [0, 0.1) is 6.92 Å². The molecule has 2 aromatic rings. The first-order chi connectivity index (χ1) is 9.74. The van der Waals surface area contributed by atoms with Gasteiger partial charge in [0.05, 0.1) is 0 Å². The van der Waals surface area contributed by atoms with Gasteiger partial charge in [-0.25, -0.2) is 4.98 Å². The number of aromatic nitrogens is 2. The van der Waals surface area contributed by atoms with Crippen LogP contribution in [0.5, 0.6) is 0 Å². The van der Waals surface area contributed by atoms with E-state index < -0.39 is 0 Å². The molecule has 0 unspecified atom stereocenters. The van der Waals surface area contributed by atoms with E-state index in [4.69, 9.17) is 0 Å². The smallest absolute Gasteiger partial charge is 0.224 e. The van der Waals surface area contributed by atoms with Crippen molar-refractivity contribution < 1.29 is 0 Å². The van der Waals surface area contributed by atoms with Crippen LogP contribution in [0.15, 0.2) is 30.5 Å². The summed E-state index contributed by atoms with van der Waals surface area (Å²) in [5, 5.41) is 6.63. The van der Waals surface area contributed by atoms with Crippen molar-refractivity contribution >= 4 is 17.5 Å². The number of para-hydroxylation sites is 1. The second-order valence-corrected chi connectivity index (χ2v) is 4.79. The second-order valence-electron chi connectivity index (χ2n) is 4.79. The Morgan fingerprint density at radius 3 is 2.70 bits per heavy atom. The Hall–Kier alpha value is -2.10. The Balaban J connectivity index is 2.23. The number of aryl methyl sites for hydroxylation is 2. The van der Waals surface area contributed by atoms with Gasteiger partial charge in [-0.2, -0.15) is 4.98 Å². The van der Waals surface area contributed by atoms with Crippen molar-refractivity contribution in [2.75, 3.05) is 17.2 Å². The minimum Gasteiger partial charge on any atom is -0.354 e. The first-order valence-corrected chi connectivity index (χ1v) is 7.17. The van der Waals surface area contributed by atoms with Crippen molar-refractivity contribution in [1.82, 2.24) is 9.97 Å². The fraction of sp³-hybridized carbons (Fsp3) is 0.375. The summed E-state index contributed by atoms with van der Waals surface area (Å²) < 4.78 is 0. The van der Waals surface area contributed by atoms with E-state index in [1.165, 1.54) is 5.56 Å². The van der Waals surface area contributed by atoms with Crippen LogP contribution in [0.1, 0.15) is 31.4 Å². The SMILES string of the molecule is CCCNc1ncc(C)c(Nc2ccccc2CC)n1. The molecule has 1 aromatic heterocycles. The molecule has 4 nitrogen and oxygen atoms in total. The summed E-state index contributed by atoms with van der Waals surface area (Å²) in [5.74, 6) is 1.54. The number of nitrogens with one attached hydrogen (secondary N) is 2. The van der Waals surface area contributed by atoms with Crippen LogP contribution >= 0.6 is 0 Å².